The van der Waals surface area contributed by atoms with Crippen LogP contribution < -0.4 is 0 Å². The Kier molecular flexibility index (Phi) is 4.58. The second kappa shape index (κ2) is 5.18. The molecule has 0 saturated carbocycles. The van der Waals surface area contributed by atoms with Gasteiger partial charge in [0.15, 0.2) is 0 Å². The Labute approximate surface area is 75.6 Å². The van der Waals surface area contributed by atoms with Crippen LogP contribution in [-0.2, 0) is 14.3 Å². The topological polar surface area (TPSA) is 83.8 Å². The number of hydrogen-bond acceptors (Lipinski definition) is 3. The van der Waals surface area contributed by atoms with Crippen LogP contribution in [0.25, 0.3) is 0 Å². The molecule has 0 aliphatic rings. The van der Waals surface area contributed by atoms with E-state index in [1.54, 1.807) is 6.92 Å². The fourth-order valence-electron chi connectivity index (χ4n) is 0.558. The van der Waals surface area contributed by atoms with Gasteiger partial charge >= 0.3 is 11.9 Å². The van der Waals surface area contributed by atoms with Crippen molar-refractivity contribution in [3.05, 3.63) is 11.8 Å². The van der Waals surface area contributed by atoms with Crippen molar-refractivity contribution < 1.29 is 24.5 Å². The Morgan fingerprint density at radius 1 is 1.46 bits per heavy atom. The van der Waals surface area contributed by atoms with Gasteiger partial charge in [0.05, 0.1) is 12.2 Å². The summed E-state index contributed by atoms with van der Waals surface area (Å²) < 4.78 is 4.85. The summed E-state index contributed by atoms with van der Waals surface area (Å²) in [5, 5.41) is 16.8. The zero-order valence-corrected chi connectivity index (χ0v) is 7.48. The third-order valence-electron chi connectivity index (χ3n) is 1.37. The second-order valence-electron chi connectivity index (χ2n) is 2.49. The van der Waals surface area contributed by atoms with Crippen molar-refractivity contribution in [2.24, 2.45) is 0 Å². The number of rotatable bonds is 5. The molecule has 5 heteroatoms. The Hall–Kier alpha value is -1.52. The van der Waals surface area contributed by atoms with E-state index in [1.807, 2.05) is 6.92 Å². The lowest BCUT2D eigenvalue weighted by Gasteiger charge is -2.11. The highest BCUT2D eigenvalue weighted by Gasteiger charge is 2.13. The van der Waals surface area contributed by atoms with E-state index in [0.29, 0.717) is 12.5 Å². The van der Waals surface area contributed by atoms with Crippen LogP contribution >= 0.6 is 0 Å². The quantitative estimate of drug-likeness (QED) is 0.493. The zero-order valence-electron chi connectivity index (χ0n) is 7.48. The predicted molar refractivity (Wildman–Crippen MR) is 44.2 cm³/mol. The van der Waals surface area contributed by atoms with Gasteiger partial charge < -0.3 is 14.9 Å². The minimum Gasteiger partial charge on any atom is -0.483 e. The van der Waals surface area contributed by atoms with E-state index in [0.717, 1.165) is 0 Å². The molecule has 0 aromatic carbocycles. The lowest BCUT2D eigenvalue weighted by molar-refractivity contribution is -0.139. The van der Waals surface area contributed by atoms with Crippen LogP contribution in [0.1, 0.15) is 20.3 Å². The molecule has 0 aliphatic heterocycles. The molecular formula is C8H12O5. The monoisotopic (exact) mass is 188 g/mol. The molecule has 0 rings (SSSR count). The molecule has 0 aliphatic carbocycles. The third-order valence-corrected chi connectivity index (χ3v) is 1.37. The lowest BCUT2D eigenvalue weighted by atomic mass is 10.3. The summed E-state index contributed by atoms with van der Waals surface area (Å²) in [5.74, 6) is -3.25. The predicted octanol–water partition coefficient (Wildman–Crippen LogP) is 0.855. The van der Waals surface area contributed by atoms with E-state index in [-0.39, 0.29) is 6.10 Å². The lowest BCUT2D eigenvalue weighted by Crippen LogP contribution is -2.14. The average Bonchev–Trinajstić information content (AvgIpc) is 2.02. The summed E-state index contributed by atoms with van der Waals surface area (Å²) >= 11 is 0. The summed E-state index contributed by atoms with van der Waals surface area (Å²) in [7, 11) is 0. The molecule has 1 unspecified atom stereocenters. The number of carboxylic acid groups (broad SMARTS) is 2. The molecule has 13 heavy (non-hydrogen) atoms. The van der Waals surface area contributed by atoms with Crippen molar-refractivity contribution >= 4 is 11.9 Å². The van der Waals surface area contributed by atoms with Crippen LogP contribution in [0.4, 0.5) is 0 Å². The van der Waals surface area contributed by atoms with Crippen molar-refractivity contribution in [2.75, 3.05) is 0 Å². The molecule has 0 radical (unpaired) electrons. The number of ether oxygens (including phenoxy) is 1. The molecule has 0 aromatic rings. The maximum Gasteiger partial charge on any atom is 0.371 e. The first-order valence-electron chi connectivity index (χ1n) is 3.82. The first kappa shape index (κ1) is 11.5. The van der Waals surface area contributed by atoms with Gasteiger partial charge in [-0.2, -0.15) is 0 Å². The number of aliphatic carboxylic acids is 2. The Morgan fingerprint density at radius 3 is 2.31 bits per heavy atom. The first-order chi connectivity index (χ1) is 5.97. The van der Waals surface area contributed by atoms with Crippen molar-refractivity contribution in [2.45, 2.75) is 26.4 Å². The Balaban J connectivity index is 4.44. The van der Waals surface area contributed by atoms with E-state index in [2.05, 4.69) is 0 Å². The molecule has 0 bridgehead atoms. The number of carbonyl (C=O) groups is 2. The maximum absolute atomic E-state index is 10.4. The van der Waals surface area contributed by atoms with Crippen LogP contribution in [0, 0.1) is 0 Å². The van der Waals surface area contributed by atoms with Crippen LogP contribution in [0.3, 0.4) is 0 Å². The minimum absolute atomic E-state index is 0.304. The SMILES string of the molecule is CCC(C)O/C(=C/C(=O)O)C(=O)O. The number of carboxylic acids is 2. The van der Waals surface area contributed by atoms with Gasteiger partial charge in [-0.1, -0.05) is 6.92 Å². The molecule has 0 saturated heterocycles. The molecule has 0 fully saturated rings. The minimum atomic E-state index is -1.37. The van der Waals surface area contributed by atoms with Crippen LogP contribution in [0.15, 0.2) is 11.8 Å². The van der Waals surface area contributed by atoms with Crippen LogP contribution in [0.2, 0.25) is 0 Å². The van der Waals surface area contributed by atoms with Gasteiger partial charge in [0, 0.05) is 0 Å². The fourth-order valence-corrected chi connectivity index (χ4v) is 0.558. The zero-order chi connectivity index (χ0) is 10.4. The normalized spacial score (nSPS) is 13.5. The number of hydrogen-bond donors (Lipinski definition) is 2. The van der Waals surface area contributed by atoms with E-state index in [4.69, 9.17) is 14.9 Å². The van der Waals surface area contributed by atoms with Gasteiger partial charge in [-0.25, -0.2) is 9.59 Å². The molecule has 1 atom stereocenters. The summed E-state index contributed by atoms with van der Waals surface area (Å²) in [4.78, 5) is 20.6. The largest absolute Gasteiger partial charge is 0.483 e. The summed E-state index contributed by atoms with van der Waals surface area (Å²) in [6.45, 7) is 3.48. The highest BCUT2D eigenvalue weighted by molar-refractivity contribution is 5.92. The maximum atomic E-state index is 10.4. The Bertz CT molecular complexity index is 231. The molecule has 74 valence electrons. The van der Waals surface area contributed by atoms with Crippen molar-refractivity contribution in [3.63, 3.8) is 0 Å². The van der Waals surface area contributed by atoms with Gasteiger partial charge in [0.1, 0.15) is 0 Å². The average molecular weight is 188 g/mol. The molecule has 0 spiro atoms. The fraction of sp³-hybridized carbons (Fsp3) is 0.500. The summed E-state index contributed by atoms with van der Waals surface area (Å²) in [5.41, 5.74) is 0. The molecule has 5 nitrogen and oxygen atoms in total. The molecule has 0 amide bonds. The highest BCUT2D eigenvalue weighted by atomic mass is 16.5. The first-order valence-corrected chi connectivity index (χ1v) is 3.82. The van der Waals surface area contributed by atoms with Gasteiger partial charge in [-0.05, 0) is 13.3 Å². The van der Waals surface area contributed by atoms with E-state index in [1.165, 1.54) is 0 Å². The van der Waals surface area contributed by atoms with Crippen LogP contribution in [-0.4, -0.2) is 28.3 Å². The molecule has 0 heterocycles. The standard InChI is InChI=1S/C8H12O5/c1-3-5(2)13-6(8(11)12)4-7(9)10/h4-5H,3H2,1-2H3,(H,9,10)(H,11,12)/b6-4+. The molecule has 2 N–H and O–H groups in total. The second-order valence-corrected chi connectivity index (χ2v) is 2.49. The third kappa shape index (κ3) is 4.84. The Morgan fingerprint density at radius 2 is 2.00 bits per heavy atom. The van der Waals surface area contributed by atoms with Crippen molar-refractivity contribution in [1.82, 2.24) is 0 Å². The molecule has 0 aromatic heterocycles. The highest BCUT2D eigenvalue weighted by Crippen LogP contribution is 2.05. The van der Waals surface area contributed by atoms with Crippen LogP contribution in [0.5, 0.6) is 0 Å². The van der Waals surface area contributed by atoms with Gasteiger partial charge in [-0.3, -0.25) is 0 Å². The van der Waals surface area contributed by atoms with E-state index in [9.17, 15) is 9.59 Å². The van der Waals surface area contributed by atoms with E-state index >= 15 is 0 Å². The summed E-state index contributed by atoms with van der Waals surface area (Å²) in [6.07, 6.45) is 0.848. The smallest absolute Gasteiger partial charge is 0.371 e. The molecular weight excluding hydrogens is 176 g/mol. The van der Waals surface area contributed by atoms with E-state index < -0.39 is 17.7 Å². The van der Waals surface area contributed by atoms with Crippen molar-refractivity contribution in [1.29, 1.82) is 0 Å². The van der Waals surface area contributed by atoms with Gasteiger partial charge in [0.25, 0.3) is 0 Å². The summed E-state index contributed by atoms with van der Waals surface area (Å²) in [6, 6.07) is 0. The van der Waals surface area contributed by atoms with Gasteiger partial charge in [0.2, 0.25) is 5.76 Å². The van der Waals surface area contributed by atoms with Crippen molar-refractivity contribution in [3.8, 4) is 0 Å². The van der Waals surface area contributed by atoms with Gasteiger partial charge in [-0.15, -0.1) is 0 Å².